The van der Waals surface area contributed by atoms with Crippen LogP contribution in [0.3, 0.4) is 0 Å². The van der Waals surface area contributed by atoms with E-state index in [4.69, 9.17) is 51.2 Å². The van der Waals surface area contributed by atoms with E-state index in [1.165, 1.54) is 6.07 Å². The number of nitrogens with one attached hydrogen (secondary N) is 2. The van der Waals surface area contributed by atoms with Gasteiger partial charge in [-0.3, -0.25) is 10.1 Å². The molecular formula is C25H21Cl4N3O3. The molecule has 0 unspecified atom stereocenters. The number of anilines is 1. The van der Waals surface area contributed by atoms with E-state index < -0.39 is 11.9 Å². The molecule has 10 heteroatoms. The minimum atomic E-state index is -0.719. The van der Waals surface area contributed by atoms with Crippen LogP contribution < -0.4 is 10.6 Å². The Morgan fingerprint density at radius 3 is 2.34 bits per heavy atom. The molecule has 3 amide bonds. The van der Waals surface area contributed by atoms with Gasteiger partial charge < -0.3 is 10.2 Å². The summed E-state index contributed by atoms with van der Waals surface area (Å²) < 4.78 is 0. The van der Waals surface area contributed by atoms with Crippen molar-refractivity contribution in [3.05, 3.63) is 97.4 Å². The molecule has 0 radical (unpaired) electrons. The highest BCUT2D eigenvalue weighted by Crippen LogP contribution is 2.25. The molecule has 2 N–H and O–H groups in total. The lowest BCUT2D eigenvalue weighted by Gasteiger charge is -2.11. The van der Waals surface area contributed by atoms with Gasteiger partial charge in [0.25, 0.3) is 5.91 Å². The summed E-state index contributed by atoms with van der Waals surface area (Å²) in [4.78, 5) is 30.0. The van der Waals surface area contributed by atoms with Crippen molar-refractivity contribution in [3.63, 3.8) is 0 Å². The van der Waals surface area contributed by atoms with Crippen molar-refractivity contribution < 1.29 is 14.4 Å². The quantitative estimate of drug-likeness (QED) is 0.219. The van der Waals surface area contributed by atoms with Gasteiger partial charge in [0.05, 0.1) is 21.3 Å². The van der Waals surface area contributed by atoms with Crippen LogP contribution in [0.1, 0.15) is 41.3 Å². The van der Waals surface area contributed by atoms with Gasteiger partial charge in [-0.15, -0.1) is 0 Å². The average Bonchev–Trinajstić information content (AvgIpc) is 2.80. The molecule has 0 fully saturated rings. The molecule has 0 spiro atoms. The highest BCUT2D eigenvalue weighted by molar-refractivity contribution is 6.37. The number of amides is 3. The zero-order valence-electron chi connectivity index (χ0n) is 18.6. The van der Waals surface area contributed by atoms with Crippen LogP contribution in [-0.2, 0) is 11.4 Å². The largest absolute Gasteiger partial charge is 0.391 e. The molecule has 3 aromatic carbocycles. The number of carbonyl (C=O) groups is 2. The molecule has 0 aliphatic heterocycles. The summed E-state index contributed by atoms with van der Waals surface area (Å²) in [6.07, 6.45) is 1.52. The summed E-state index contributed by atoms with van der Waals surface area (Å²) in [5.41, 5.74) is 2.69. The minimum Gasteiger partial charge on any atom is -0.391 e. The number of carbonyl (C=O) groups excluding carboxylic acids is 2. The molecule has 0 aliphatic rings. The van der Waals surface area contributed by atoms with Crippen LogP contribution in [0.4, 0.5) is 10.5 Å². The molecule has 3 aromatic rings. The zero-order chi connectivity index (χ0) is 25.4. The second kappa shape index (κ2) is 12.8. The molecule has 182 valence electrons. The van der Waals surface area contributed by atoms with Crippen LogP contribution in [0, 0.1) is 0 Å². The molecule has 0 bridgehead atoms. The lowest BCUT2D eigenvalue weighted by atomic mass is 10.1. The predicted molar refractivity (Wildman–Crippen MR) is 142 cm³/mol. The van der Waals surface area contributed by atoms with Gasteiger partial charge in [-0.05, 0) is 42.8 Å². The van der Waals surface area contributed by atoms with Gasteiger partial charge in [0, 0.05) is 26.9 Å². The molecule has 0 aliphatic carbocycles. The fraction of sp³-hybridized carbons (Fsp3) is 0.160. The standard InChI is InChI=1S/C25H21Cl4N3O3/c1-2-5-23(18-11-9-16(26)12-22(18)29)32-35-14-15-8-10-17(13-21(15)28)30-25(34)31-24(33)19-6-3-4-7-20(19)27/h3-4,6-13H,2,5,14H2,1H3,(H2,30,31,33,34). The Morgan fingerprint density at radius 1 is 0.886 bits per heavy atom. The van der Waals surface area contributed by atoms with E-state index in [0.717, 1.165) is 12.0 Å². The average molecular weight is 553 g/mol. The monoisotopic (exact) mass is 551 g/mol. The Kier molecular flexibility index (Phi) is 9.81. The van der Waals surface area contributed by atoms with E-state index in [9.17, 15) is 9.59 Å². The first-order valence-electron chi connectivity index (χ1n) is 10.6. The number of imide groups is 1. The Hall–Kier alpha value is -2.77. The Balaban J connectivity index is 1.61. The molecule has 0 saturated carbocycles. The zero-order valence-corrected chi connectivity index (χ0v) is 21.6. The van der Waals surface area contributed by atoms with E-state index >= 15 is 0 Å². The first kappa shape index (κ1) is 26.8. The normalized spacial score (nSPS) is 11.2. The van der Waals surface area contributed by atoms with Crippen LogP contribution in [0.15, 0.2) is 65.8 Å². The number of rotatable bonds is 8. The van der Waals surface area contributed by atoms with Crippen LogP contribution in [0.2, 0.25) is 20.1 Å². The lowest BCUT2D eigenvalue weighted by Crippen LogP contribution is -2.34. The third-order valence-corrected chi connectivity index (χ3v) is 6.01. The molecular weight excluding hydrogens is 532 g/mol. The first-order chi connectivity index (χ1) is 16.8. The topological polar surface area (TPSA) is 79.8 Å². The van der Waals surface area contributed by atoms with Crippen molar-refractivity contribution >= 4 is 69.7 Å². The van der Waals surface area contributed by atoms with Gasteiger partial charge in [-0.1, -0.05) is 89.2 Å². The summed E-state index contributed by atoms with van der Waals surface area (Å²) >= 11 is 24.6. The van der Waals surface area contributed by atoms with Gasteiger partial charge in [0.1, 0.15) is 6.61 Å². The smallest absolute Gasteiger partial charge is 0.326 e. The summed E-state index contributed by atoms with van der Waals surface area (Å²) in [5, 5.41) is 10.7. The number of nitrogens with zero attached hydrogens (tertiary/aromatic N) is 1. The molecule has 0 atom stereocenters. The predicted octanol–water partition coefficient (Wildman–Crippen LogP) is 7.98. The van der Waals surface area contributed by atoms with E-state index in [1.54, 1.807) is 54.6 Å². The van der Waals surface area contributed by atoms with E-state index in [0.29, 0.717) is 38.5 Å². The fourth-order valence-corrected chi connectivity index (χ4v) is 4.06. The third kappa shape index (κ3) is 7.61. The first-order valence-corrected chi connectivity index (χ1v) is 12.1. The number of hydrogen-bond donors (Lipinski definition) is 2. The summed E-state index contributed by atoms with van der Waals surface area (Å²) in [7, 11) is 0. The number of oxime groups is 1. The molecule has 6 nitrogen and oxygen atoms in total. The van der Waals surface area contributed by atoms with E-state index in [2.05, 4.69) is 15.8 Å². The number of urea groups is 1. The van der Waals surface area contributed by atoms with Crippen LogP contribution >= 0.6 is 46.4 Å². The second-order valence-corrected chi connectivity index (χ2v) is 9.04. The Labute approximate surface area is 223 Å². The van der Waals surface area contributed by atoms with Gasteiger partial charge in [0.2, 0.25) is 0 Å². The fourth-order valence-electron chi connectivity index (χ4n) is 3.09. The highest BCUT2D eigenvalue weighted by atomic mass is 35.5. The lowest BCUT2D eigenvalue weighted by molar-refractivity contribution is 0.0967. The molecule has 3 rings (SSSR count). The van der Waals surface area contributed by atoms with Crippen molar-refractivity contribution in [1.82, 2.24) is 5.32 Å². The maximum absolute atomic E-state index is 12.2. The van der Waals surface area contributed by atoms with Crippen LogP contribution in [0.5, 0.6) is 0 Å². The molecule has 35 heavy (non-hydrogen) atoms. The number of hydrogen-bond acceptors (Lipinski definition) is 4. The van der Waals surface area contributed by atoms with Gasteiger partial charge in [0.15, 0.2) is 0 Å². The van der Waals surface area contributed by atoms with Crippen molar-refractivity contribution in [2.24, 2.45) is 5.16 Å². The summed E-state index contributed by atoms with van der Waals surface area (Å²) in [6, 6.07) is 15.8. The van der Waals surface area contributed by atoms with Gasteiger partial charge in [-0.2, -0.15) is 0 Å². The van der Waals surface area contributed by atoms with Gasteiger partial charge in [-0.25, -0.2) is 4.79 Å². The van der Waals surface area contributed by atoms with Crippen LogP contribution in [-0.4, -0.2) is 17.6 Å². The maximum Gasteiger partial charge on any atom is 0.326 e. The van der Waals surface area contributed by atoms with E-state index in [-0.39, 0.29) is 17.2 Å². The van der Waals surface area contributed by atoms with Crippen LogP contribution in [0.25, 0.3) is 0 Å². The van der Waals surface area contributed by atoms with Crippen molar-refractivity contribution in [3.8, 4) is 0 Å². The number of halogens is 4. The Bertz CT molecular complexity index is 1260. The number of benzene rings is 3. The molecule has 0 heterocycles. The van der Waals surface area contributed by atoms with E-state index in [1.807, 2.05) is 6.92 Å². The highest BCUT2D eigenvalue weighted by Gasteiger charge is 2.14. The summed E-state index contributed by atoms with van der Waals surface area (Å²) in [5.74, 6) is -0.620. The van der Waals surface area contributed by atoms with Crippen molar-refractivity contribution in [1.29, 1.82) is 0 Å². The van der Waals surface area contributed by atoms with Crippen molar-refractivity contribution in [2.75, 3.05) is 5.32 Å². The molecule has 0 aromatic heterocycles. The van der Waals surface area contributed by atoms with Gasteiger partial charge >= 0.3 is 6.03 Å². The second-order valence-electron chi connectivity index (χ2n) is 7.38. The third-order valence-electron chi connectivity index (χ3n) is 4.78. The SMILES string of the molecule is CCCC(=NOCc1ccc(NC(=O)NC(=O)c2ccccc2Cl)cc1Cl)c1ccc(Cl)cc1Cl. The summed E-state index contributed by atoms with van der Waals surface area (Å²) in [6.45, 7) is 2.13. The maximum atomic E-state index is 12.2. The minimum absolute atomic E-state index is 0.106. The van der Waals surface area contributed by atoms with Crippen molar-refractivity contribution in [2.45, 2.75) is 26.4 Å². The Morgan fingerprint density at radius 2 is 1.66 bits per heavy atom. The molecule has 0 saturated heterocycles.